The molecule has 96 valence electrons. The maximum atomic E-state index is 3.57. The van der Waals surface area contributed by atoms with Crippen molar-refractivity contribution in [2.75, 3.05) is 12.3 Å². The fraction of sp³-hybridized carbons (Fsp3) is 0.571. The average molecular weight is 316 g/mol. The summed E-state index contributed by atoms with van der Waals surface area (Å²) in [6.07, 6.45) is 3.89. The minimum Gasteiger partial charge on any atom is -0.313 e. The van der Waals surface area contributed by atoms with Gasteiger partial charge in [-0.25, -0.2) is 0 Å². The van der Waals surface area contributed by atoms with Crippen LogP contribution in [0.5, 0.6) is 0 Å². The van der Waals surface area contributed by atoms with Gasteiger partial charge in [0.2, 0.25) is 0 Å². The van der Waals surface area contributed by atoms with Crippen LogP contribution in [0.3, 0.4) is 0 Å². The summed E-state index contributed by atoms with van der Waals surface area (Å²) in [4.78, 5) is 1.35. The first kappa shape index (κ1) is 15.1. The third-order valence-corrected chi connectivity index (χ3v) is 4.37. The molecule has 1 nitrogen and oxygen atoms in total. The summed E-state index contributed by atoms with van der Waals surface area (Å²) in [5.41, 5.74) is 0. The number of halogens is 1. The molecular weight excluding hydrogens is 294 g/mol. The molecule has 0 amide bonds. The van der Waals surface area contributed by atoms with E-state index in [2.05, 4.69) is 59.4 Å². The molecular formula is C14H22BrNS. The molecule has 1 aromatic rings. The standard InChI is InChI=1S/C14H22BrNS/c1-3-5-6-13(16-4-2)11-17-14-9-7-12(15)8-10-14/h7-10,13,16H,3-6,11H2,1-2H3. The molecule has 0 radical (unpaired) electrons. The molecule has 1 unspecified atom stereocenters. The van der Waals surface area contributed by atoms with Crippen molar-refractivity contribution in [1.82, 2.24) is 5.32 Å². The van der Waals surface area contributed by atoms with Crippen molar-refractivity contribution in [2.24, 2.45) is 0 Å². The van der Waals surface area contributed by atoms with Crippen LogP contribution in [0.4, 0.5) is 0 Å². The lowest BCUT2D eigenvalue weighted by atomic mass is 10.1. The van der Waals surface area contributed by atoms with Gasteiger partial charge in [-0.15, -0.1) is 11.8 Å². The lowest BCUT2D eigenvalue weighted by Crippen LogP contribution is -2.31. The second-order valence-electron chi connectivity index (χ2n) is 4.16. The van der Waals surface area contributed by atoms with E-state index in [1.807, 2.05) is 11.8 Å². The zero-order valence-electron chi connectivity index (χ0n) is 10.7. The predicted octanol–water partition coefficient (Wildman–Crippen LogP) is 4.71. The van der Waals surface area contributed by atoms with Crippen LogP contribution in [0.25, 0.3) is 0 Å². The van der Waals surface area contributed by atoms with Crippen LogP contribution < -0.4 is 5.32 Å². The Kier molecular flexibility index (Phi) is 7.99. The Labute approximate surface area is 118 Å². The summed E-state index contributed by atoms with van der Waals surface area (Å²) in [6, 6.07) is 9.22. The minimum absolute atomic E-state index is 0.647. The van der Waals surface area contributed by atoms with Gasteiger partial charge in [0.25, 0.3) is 0 Å². The number of thioether (sulfide) groups is 1. The van der Waals surface area contributed by atoms with E-state index in [1.54, 1.807) is 0 Å². The fourth-order valence-electron chi connectivity index (χ4n) is 1.71. The van der Waals surface area contributed by atoms with E-state index < -0.39 is 0 Å². The van der Waals surface area contributed by atoms with Crippen LogP contribution in [0.15, 0.2) is 33.6 Å². The first-order chi connectivity index (χ1) is 8.26. The van der Waals surface area contributed by atoms with Gasteiger partial charge in [0, 0.05) is 21.2 Å². The lowest BCUT2D eigenvalue weighted by molar-refractivity contribution is 0.515. The van der Waals surface area contributed by atoms with Crippen LogP contribution in [0.2, 0.25) is 0 Å². The Morgan fingerprint density at radius 3 is 2.53 bits per heavy atom. The molecule has 0 saturated carbocycles. The number of unbranched alkanes of at least 4 members (excludes halogenated alkanes) is 1. The van der Waals surface area contributed by atoms with Crippen molar-refractivity contribution >= 4 is 27.7 Å². The highest BCUT2D eigenvalue weighted by molar-refractivity contribution is 9.10. The van der Waals surface area contributed by atoms with Crippen molar-refractivity contribution in [3.63, 3.8) is 0 Å². The Morgan fingerprint density at radius 1 is 1.24 bits per heavy atom. The number of hydrogen-bond acceptors (Lipinski definition) is 2. The second kappa shape index (κ2) is 9.01. The maximum absolute atomic E-state index is 3.57. The molecule has 0 aliphatic carbocycles. The van der Waals surface area contributed by atoms with Crippen molar-refractivity contribution in [3.05, 3.63) is 28.7 Å². The molecule has 0 bridgehead atoms. The van der Waals surface area contributed by atoms with E-state index in [0.29, 0.717) is 6.04 Å². The van der Waals surface area contributed by atoms with Gasteiger partial charge in [0.05, 0.1) is 0 Å². The molecule has 0 aromatic heterocycles. The molecule has 17 heavy (non-hydrogen) atoms. The summed E-state index contributed by atoms with van der Waals surface area (Å²) in [5, 5.41) is 3.57. The Hall–Kier alpha value is 0.01000. The van der Waals surface area contributed by atoms with E-state index in [9.17, 15) is 0 Å². The maximum Gasteiger partial charge on any atom is 0.0176 e. The minimum atomic E-state index is 0.647. The van der Waals surface area contributed by atoms with Gasteiger partial charge in [-0.2, -0.15) is 0 Å². The highest BCUT2D eigenvalue weighted by Gasteiger charge is 2.07. The van der Waals surface area contributed by atoms with E-state index in [0.717, 1.165) is 16.8 Å². The number of rotatable bonds is 8. The Balaban J connectivity index is 2.37. The molecule has 0 saturated heterocycles. The summed E-state index contributed by atoms with van der Waals surface area (Å²) in [7, 11) is 0. The Morgan fingerprint density at radius 2 is 1.94 bits per heavy atom. The largest absolute Gasteiger partial charge is 0.313 e. The molecule has 0 aliphatic rings. The molecule has 3 heteroatoms. The van der Waals surface area contributed by atoms with E-state index in [4.69, 9.17) is 0 Å². The number of hydrogen-bond donors (Lipinski definition) is 1. The third-order valence-electron chi connectivity index (χ3n) is 2.66. The monoisotopic (exact) mass is 315 g/mol. The van der Waals surface area contributed by atoms with Crippen molar-refractivity contribution in [2.45, 2.75) is 44.0 Å². The first-order valence-corrected chi connectivity index (χ1v) is 8.15. The summed E-state index contributed by atoms with van der Waals surface area (Å²) in [6.45, 7) is 5.50. The zero-order valence-corrected chi connectivity index (χ0v) is 13.1. The smallest absolute Gasteiger partial charge is 0.0176 e. The average Bonchev–Trinajstić information content (AvgIpc) is 2.35. The van der Waals surface area contributed by atoms with Gasteiger partial charge in [-0.1, -0.05) is 42.6 Å². The SMILES string of the molecule is CCCCC(CSc1ccc(Br)cc1)NCC. The van der Waals surface area contributed by atoms with Crippen molar-refractivity contribution in [3.8, 4) is 0 Å². The van der Waals surface area contributed by atoms with E-state index in [1.165, 1.54) is 24.2 Å². The fourth-order valence-corrected chi connectivity index (χ4v) is 2.98. The lowest BCUT2D eigenvalue weighted by Gasteiger charge is -2.17. The topological polar surface area (TPSA) is 12.0 Å². The van der Waals surface area contributed by atoms with Gasteiger partial charge in [-0.3, -0.25) is 0 Å². The van der Waals surface area contributed by atoms with Crippen molar-refractivity contribution < 1.29 is 0 Å². The molecule has 0 heterocycles. The molecule has 1 aromatic carbocycles. The molecule has 0 spiro atoms. The molecule has 1 rings (SSSR count). The summed E-state index contributed by atoms with van der Waals surface area (Å²) >= 11 is 5.41. The van der Waals surface area contributed by atoms with Crippen LogP contribution in [-0.2, 0) is 0 Å². The van der Waals surface area contributed by atoms with E-state index in [-0.39, 0.29) is 0 Å². The van der Waals surface area contributed by atoms with Gasteiger partial charge in [0.1, 0.15) is 0 Å². The Bertz CT molecular complexity index is 300. The van der Waals surface area contributed by atoms with Crippen LogP contribution >= 0.6 is 27.7 Å². The second-order valence-corrected chi connectivity index (χ2v) is 6.17. The zero-order chi connectivity index (χ0) is 12.5. The summed E-state index contributed by atoms with van der Waals surface area (Å²) in [5.74, 6) is 1.16. The van der Waals surface area contributed by atoms with Gasteiger partial charge in [0.15, 0.2) is 0 Å². The summed E-state index contributed by atoms with van der Waals surface area (Å²) < 4.78 is 1.15. The van der Waals surface area contributed by atoms with Gasteiger partial charge >= 0.3 is 0 Å². The van der Waals surface area contributed by atoms with Crippen molar-refractivity contribution in [1.29, 1.82) is 0 Å². The van der Waals surface area contributed by atoms with Crippen LogP contribution in [0, 0.1) is 0 Å². The van der Waals surface area contributed by atoms with Crippen LogP contribution in [-0.4, -0.2) is 18.3 Å². The number of benzene rings is 1. The highest BCUT2D eigenvalue weighted by Crippen LogP contribution is 2.22. The van der Waals surface area contributed by atoms with Crippen LogP contribution in [0.1, 0.15) is 33.1 Å². The predicted molar refractivity (Wildman–Crippen MR) is 81.9 cm³/mol. The van der Waals surface area contributed by atoms with Gasteiger partial charge < -0.3 is 5.32 Å². The molecule has 1 atom stereocenters. The first-order valence-electron chi connectivity index (χ1n) is 6.38. The van der Waals surface area contributed by atoms with E-state index >= 15 is 0 Å². The molecule has 0 aliphatic heterocycles. The highest BCUT2D eigenvalue weighted by atomic mass is 79.9. The van der Waals surface area contributed by atoms with Gasteiger partial charge in [-0.05, 0) is 37.2 Å². The molecule has 1 N–H and O–H groups in total. The quantitative estimate of drug-likeness (QED) is 0.697. The third kappa shape index (κ3) is 6.49. The molecule has 0 fully saturated rings. The normalized spacial score (nSPS) is 12.6. The number of nitrogens with one attached hydrogen (secondary N) is 1.